The van der Waals surface area contributed by atoms with Gasteiger partial charge < -0.3 is 14.9 Å². The number of likely N-dealkylation sites (tertiary alicyclic amines) is 1. The van der Waals surface area contributed by atoms with Crippen molar-refractivity contribution < 1.29 is 14.9 Å². The van der Waals surface area contributed by atoms with E-state index in [1.165, 1.54) is 0 Å². The van der Waals surface area contributed by atoms with Gasteiger partial charge in [0, 0.05) is 19.3 Å². The average Bonchev–Trinajstić information content (AvgIpc) is 2.74. The summed E-state index contributed by atoms with van der Waals surface area (Å²) in [5.41, 5.74) is 5.13. The molecule has 0 aliphatic carbocycles. The fraction of sp³-hybridized carbons (Fsp3) is 0.727. The molecule has 0 amide bonds. The zero-order chi connectivity index (χ0) is 12.3. The van der Waals surface area contributed by atoms with Gasteiger partial charge in [-0.15, -0.1) is 0 Å². The molecule has 2 aliphatic rings. The molecule has 0 bridgehead atoms. The summed E-state index contributed by atoms with van der Waals surface area (Å²) in [4.78, 5) is 6.33. The Labute approximate surface area is 100 Å². The molecule has 0 spiro atoms. The summed E-state index contributed by atoms with van der Waals surface area (Å²) in [5, 5.41) is 18.4. The summed E-state index contributed by atoms with van der Waals surface area (Å²) in [7, 11) is 0. The van der Waals surface area contributed by atoms with Crippen molar-refractivity contribution in [3.63, 3.8) is 0 Å². The Morgan fingerprint density at radius 3 is 3.06 bits per heavy atom. The van der Waals surface area contributed by atoms with E-state index in [9.17, 15) is 5.11 Å². The van der Waals surface area contributed by atoms with Gasteiger partial charge in [0.1, 0.15) is 6.17 Å². The molecule has 0 aromatic heterocycles. The molecule has 3 atom stereocenters. The van der Waals surface area contributed by atoms with Crippen molar-refractivity contribution in [1.29, 1.82) is 0 Å². The first-order valence-electron chi connectivity index (χ1n) is 5.82. The minimum absolute atomic E-state index is 0.0775. The van der Waals surface area contributed by atoms with Crippen LogP contribution in [0.25, 0.3) is 0 Å². The molecule has 4 N–H and O–H groups in total. The lowest BCUT2D eigenvalue weighted by atomic mass is 10.1. The lowest BCUT2D eigenvalue weighted by Crippen LogP contribution is -2.59. The first-order valence-corrected chi connectivity index (χ1v) is 5.82. The van der Waals surface area contributed by atoms with Crippen molar-refractivity contribution in [3.05, 3.63) is 12.2 Å². The van der Waals surface area contributed by atoms with Crippen LogP contribution in [-0.4, -0.2) is 65.6 Å². The smallest absolute Gasteiger partial charge is 0.172 e. The first-order chi connectivity index (χ1) is 8.15. The highest BCUT2D eigenvalue weighted by Crippen LogP contribution is 2.24. The molecule has 6 nitrogen and oxygen atoms in total. The predicted octanol–water partition coefficient (Wildman–Crippen LogP) is -1.32. The molecule has 0 radical (unpaired) electrons. The SMILES string of the molecule is NC1(OCCO)C=CC=NC1N1CCC(O)C1. The van der Waals surface area contributed by atoms with Crippen LogP contribution < -0.4 is 5.73 Å². The lowest BCUT2D eigenvalue weighted by molar-refractivity contribution is -0.0718. The number of aliphatic hydroxyl groups is 2. The summed E-state index contributed by atoms with van der Waals surface area (Å²) in [6.45, 7) is 1.39. The van der Waals surface area contributed by atoms with Crippen LogP contribution >= 0.6 is 0 Å². The molecular formula is C11H19N3O3. The van der Waals surface area contributed by atoms with Crippen LogP contribution in [0.4, 0.5) is 0 Å². The van der Waals surface area contributed by atoms with Crippen molar-refractivity contribution in [1.82, 2.24) is 4.90 Å². The highest BCUT2D eigenvalue weighted by Gasteiger charge is 2.41. The number of dihydropyridines is 1. The Morgan fingerprint density at radius 1 is 1.59 bits per heavy atom. The Bertz CT molecular complexity index is 321. The Balaban J connectivity index is 2.07. The zero-order valence-corrected chi connectivity index (χ0v) is 9.70. The van der Waals surface area contributed by atoms with Crippen LogP contribution in [0.1, 0.15) is 6.42 Å². The number of hydrogen-bond donors (Lipinski definition) is 3. The van der Waals surface area contributed by atoms with E-state index >= 15 is 0 Å². The number of aliphatic hydroxyl groups excluding tert-OH is 2. The Morgan fingerprint density at radius 2 is 2.41 bits per heavy atom. The van der Waals surface area contributed by atoms with Gasteiger partial charge in [0.25, 0.3) is 0 Å². The van der Waals surface area contributed by atoms with Crippen molar-refractivity contribution >= 4 is 6.21 Å². The van der Waals surface area contributed by atoms with Crippen molar-refractivity contribution in [3.8, 4) is 0 Å². The van der Waals surface area contributed by atoms with Gasteiger partial charge in [0.2, 0.25) is 0 Å². The van der Waals surface area contributed by atoms with Gasteiger partial charge in [-0.2, -0.15) is 0 Å². The maximum atomic E-state index is 9.54. The van der Waals surface area contributed by atoms with E-state index in [4.69, 9.17) is 15.6 Å². The third-order valence-electron chi connectivity index (χ3n) is 3.06. The summed E-state index contributed by atoms with van der Waals surface area (Å²) >= 11 is 0. The molecule has 2 heterocycles. The van der Waals surface area contributed by atoms with Crippen LogP contribution in [0.3, 0.4) is 0 Å². The molecule has 17 heavy (non-hydrogen) atoms. The van der Waals surface area contributed by atoms with Crippen LogP contribution in [0, 0.1) is 0 Å². The molecule has 2 rings (SSSR count). The average molecular weight is 241 g/mol. The normalized spacial score (nSPS) is 37.8. The minimum Gasteiger partial charge on any atom is -0.394 e. The van der Waals surface area contributed by atoms with E-state index < -0.39 is 5.72 Å². The molecule has 2 aliphatic heterocycles. The molecule has 0 saturated carbocycles. The highest BCUT2D eigenvalue weighted by molar-refractivity contribution is 5.73. The van der Waals surface area contributed by atoms with Crippen molar-refractivity contribution in [2.45, 2.75) is 24.4 Å². The number of β-amino-alcohol motifs (C(OH)–C–C–N with tert-alkyl or cyclic N) is 1. The standard InChI is InChI=1S/C11H19N3O3/c12-11(17-7-6-15)3-1-4-13-10(11)14-5-2-9(16)8-14/h1,3-4,9-10,15-16H,2,5-8,12H2. The van der Waals surface area contributed by atoms with E-state index in [1.54, 1.807) is 18.4 Å². The molecule has 1 saturated heterocycles. The first kappa shape index (κ1) is 12.7. The maximum Gasteiger partial charge on any atom is 0.172 e. The second-order valence-electron chi connectivity index (χ2n) is 4.39. The summed E-state index contributed by atoms with van der Waals surface area (Å²) in [5.74, 6) is 0. The van der Waals surface area contributed by atoms with E-state index in [0.717, 1.165) is 13.0 Å². The maximum absolute atomic E-state index is 9.54. The van der Waals surface area contributed by atoms with E-state index in [-0.39, 0.29) is 25.5 Å². The number of hydrogen-bond acceptors (Lipinski definition) is 6. The summed E-state index contributed by atoms with van der Waals surface area (Å²) in [6, 6.07) is 0. The Kier molecular flexibility index (Phi) is 3.90. The number of allylic oxidation sites excluding steroid dienone is 1. The molecule has 96 valence electrons. The third kappa shape index (κ3) is 2.72. The van der Waals surface area contributed by atoms with Gasteiger partial charge in [-0.25, -0.2) is 0 Å². The third-order valence-corrected chi connectivity index (χ3v) is 3.06. The number of nitrogens with two attached hydrogens (primary N) is 1. The van der Waals surface area contributed by atoms with Crippen LogP contribution in [-0.2, 0) is 4.74 Å². The number of ether oxygens (including phenoxy) is 1. The van der Waals surface area contributed by atoms with Crippen molar-refractivity contribution in [2.75, 3.05) is 26.3 Å². The molecule has 6 heteroatoms. The van der Waals surface area contributed by atoms with Crippen LogP contribution in [0.2, 0.25) is 0 Å². The number of aliphatic imine (C=N–C) groups is 1. The van der Waals surface area contributed by atoms with Gasteiger partial charge >= 0.3 is 0 Å². The molecule has 0 aromatic rings. The molecular weight excluding hydrogens is 222 g/mol. The van der Waals surface area contributed by atoms with E-state index in [2.05, 4.69) is 4.99 Å². The predicted molar refractivity (Wildman–Crippen MR) is 63.6 cm³/mol. The quantitative estimate of drug-likeness (QED) is 0.531. The van der Waals surface area contributed by atoms with Gasteiger partial charge in [-0.05, 0) is 18.6 Å². The van der Waals surface area contributed by atoms with Crippen LogP contribution in [0.15, 0.2) is 17.1 Å². The van der Waals surface area contributed by atoms with Crippen LogP contribution in [0.5, 0.6) is 0 Å². The highest BCUT2D eigenvalue weighted by atomic mass is 16.5. The van der Waals surface area contributed by atoms with Gasteiger partial charge in [-0.1, -0.05) is 0 Å². The van der Waals surface area contributed by atoms with Crippen molar-refractivity contribution in [2.24, 2.45) is 10.7 Å². The lowest BCUT2D eigenvalue weighted by Gasteiger charge is -2.38. The second kappa shape index (κ2) is 5.24. The molecule has 1 fully saturated rings. The fourth-order valence-corrected chi connectivity index (χ4v) is 2.24. The van der Waals surface area contributed by atoms with Gasteiger partial charge in [0.15, 0.2) is 5.72 Å². The second-order valence-corrected chi connectivity index (χ2v) is 4.39. The van der Waals surface area contributed by atoms with E-state index in [1.807, 2.05) is 4.90 Å². The summed E-state index contributed by atoms with van der Waals surface area (Å²) in [6.07, 6.45) is 5.23. The van der Waals surface area contributed by atoms with Gasteiger partial charge in [0.05, 0.1) is 19.3 Å². The Hall–Kier alpha value is -0.790. The number of rotatable bonds is 4. The van der Waals surface area contributed by atoms with Gasteiger partial charge in [-0.3, -0.25) is 15.6 Å². The molecule has 3 unspecified atom stereocenters. The number of nitrogens with zero attached hydrogens (tertiary/aromatic N) is 2. The fourth-order valence-electron chi connectivity index (χ4n) is 2.24. The summed E-state index contributed by atoms with van der Waals surface area (Å²) < 4.78 is 5.48. The largest absolute Gasteiger partial charge is 0.394 e. The zero-order valence-electron chi connectivity index (χ0n) is 9.70. The topological polar surface area (TPSA) is 91.3 Å². The molecule has 0 aromatic carbocycles. The minimum atomic E-state index is -1.03. The van der Waals surface area contributed by atoms with E-state index in [0.29, 0.717) is 6.54 Å². The monoisotopic (exact) mass is 241 g/mol.